The molecule has 1 rings (SSSR count). The first kappa shape index (κ1) is 12.6. The first-order valence-corrected chi connectivity index (χ1v) is 7.40. The van der Waals surface area contributed by atoms with Crippen LogP contribution in [0.1, 0.15) is 26.2 Å². The highest BCUT2D eigenvalue weighted by Crippen LogP contribution is 2.18. The molecule has 15 heavy (non-hydrogen) atoms. The maximum Gasteiger partial charge on any atom is 0.147 e. The number of hydrogen-bond acceptors (Lipinski definition) is 4. The zero-order chi connectivity index (χ0) is 11.5. The van der Waals surface area contributed by atoms with Crippen LogP contribution in [0, 0.1) is 5.92 Å². The van der Waals surface area contributed by atoms with Gasteiger partial charge in [-0.25, -0.2) is 8.42 Å². The van der Waals surface area contributed by atoms with Crippen molar-refractivity contribution >= 4 is 15.6 Å². The van der Waals surface area contributed by atoms with Crippen LogP contribution in [0.15, 0.2) is 0 Å². The number of carbonyl (C=O) groups excluding carboxylic acids is 1. The molecule has 0 aromatic carbocycles. The molecule has 0 radical (unpaired) electrons. The molecule has 5 heteroatoms. The van der Waals surface area contributed by atoms with E-state index in [4.69, 9.17) is 0 Å². The third kappa shape index (κ3) is 4.30. The summed E-state index contributed by atoms with van der Waals surface area (Å²) in [7, 11) is -2.92. The van der Waals surface area contributed by atoms with Crippen LogP contribution >= 0.6 is 0 Å². The molecule has 88 valence electrons. The highest BCUT2D eigenvalue weighted by molar-refractivity contribution is 7.90. The summed E-state index contributed by atoms with van der Waals surface area (Å²) in [5.74, 6) is 0.411. The summed E-state index contributed by atoms with van der Waals surface area (Å²) in [4.78, 5) is 11.7. The van der Waals surface area contributed by atoms with E-state index >= 15 is 0 Å². The van der Waals surface area contributed by atoms with Gasteiger partial charge >= 0.3 is 0 Å². The monoisotopic (exact) mass is 233 g/mol. The van der Waals surface area contributed by atoms with Gasteiger partial charge in [-0.2, -0.15) is 0 Å². The molecule has 2 unspecified atom stereocenters. The molecule has 1 fully saturated rings. The predicted octanol–water partition coefficient (Wildman–Crippen LogP) is 0.378. The van der Waals surface area contributed by atoms with Crippen LogP contribution in [-0.4, -0.2) is 38.8 Å². The van der Waals surface area contributed by atoms with Gasteiger partial charge in [0.15, 0.2) is 0 Å². The smallest absolute Gasteiger partial charge is 0.147 e. The largest absolute Gasteiger partial charge is 0.314 e. The van der Waals surface area contributed by atoms with Crippen LogP contribution in [0.2, 0.25) is 0 Å². The molecular weight excluding hydrogens is 214 g/mol. The topological polar surface area (TPSA) is 63.2 Å². The third-order valence-electron chi connectivity index (χ3n) is 2.88. The summed E-state index contributed by atoms with van der Waals surface area (Å²) < 4.78 is 21.7. The van der Waals surface area contributed by atoms with E-state index in [1.165, 1.54) is 6.26 Å². The number of carbonyl (C=O) groups is 1. The first-order chi connectivity index (χ1) is 6.90. The summed E-state index contributed by atoms with van der Waals surface area (Å²) in [6.07, 6.45) is 2.95. The number of hydrogen-bond donors (Lipinski definition) is 1. The number of Topliss-reactive ketones (excluding diaryl/α,β-unsaturated/α-hetero) is 1. The van der Waals surface area contributed by atoms with Crippen LogP contribution in [0.4, 0.5) is 0 Å². The second-order valence-corrected chi connectivity index (χ2v) is 6.60. The van der Waals surface area contributed by atoms with Crippen LogP contribution in [0.3, 0.4) is 0 Å². The molecule has 0 bridgehead atoms. The van der Waals surface area contributed by atoms with Gasteiger partial charge in [-0.15, -0.1) is 0 Å². The van der Waals surface area contributed by atoms with E-state index in [-0.39, 0.29) is 23.5 Å². The number of rotatable bonds is 5. The van der Waals surface area contributed by atoms with E-state index in [1.807, 2.05) is 6.92 Å². The zero-order valence-electron chi connectivity index (χ0n) is 9.32. The van der Waals surface area contributed by atoms with Crippen LogP contribution in [0.25, 0.3) is 0 Å². The Morgan fingerprint density at radius 1 is 1.47 bits per heavy atom. The quantitative estimate of drug-likeness (QED) is 0.745. The molecule has 0 saturated carbocycles. The average Bonchev–Trinajstić information content (AvgIpc) is 2.48. The lowest BCUT2D eigenvalue weighted by Gasteiger charge is -2.13. The van der Waals surface area contributed by atoms with Crippen molar-refractivity contribution in [1.29, 1.82) is 0 Å². The molecule has 1 aliphatic heterocycles. The summed E-state index contributed by atoms with van der Waals surface area (Å²) in [6.45, 7) is 2.90. The molecule has 0 spiro atoms. The lowest BCUT2D eigenvalue weighted by molar-refractivity contribution is -0.123. The fraction of sp³-hybridized carbons (Fsp3) is 0.900. The number of sulfone groups is 1. The summed E-state index contributed by atoms with van der Waals surface area (Å²) in [6, 6.07) is 0.246. The predicted molar refractivity (Wildman–Crippen MR) is 59.5 cm³/mol. The molecule has 1 aliphatic rings. The maximum atomic E-state index is 11.7. The zero-order valence-corrected chi connectivity index (χ0v) is 10.1. The number of ketones is 1. The minimum absolute atomic E-state index is 0.0876. The Morgan fingerprint density at radius 3 is 2.60 bits per heavy atom. The minimum Gasteiger partial charge on any atom is -0.314 e. The van der Waals surface area contributed by atoms with Gasteiger partial charge in [-0.1, -0.05) is 0 Å². The van der Waals surface area contributed by atoms with Gasteiger partial charge in [0.25, 0.3) is 0 Å². The van der Waals surface area contributed by atoms with Crippen LogP contribution < -0.4 is 5.32 Å². The highest BCUT2D eigenvalue weighted by Gasteiger charge is 2.28. The molecule has 1 saturated heterocycles. The third-order valence-corrected chi connectivity index (χ3v) is 3.91. The van der Waals surface area contributed by atoms with E-state index in [9.17, 15) is 13.2 Å². The Labute approximate surface area is 91.4 Å². The van der Waals surface area contributed by atoms with E-state index < -0.39 is 9.84 Å². The molecular formula is C10H19NO3S. The maximum absolute atomic E-state index is 11.7. The van der Waals surface area contributed by atoms with Crippen molar-refractivity contribution in [2.45, 2.75) is 32.2 Å². The summed E-state index contributed by atoms with van der Waals surface area (Å²) in [5.41, 5.74) is 0. The van der Waals surface area contributed by atoms with Crippen molar-refractivity contribution in [2.24, 2.45) is 5.92 Å². The second-order valence-electron chi connectivity index (χ2n) is 4.34. The molecule has 0 amide bonds. The van der Waals surface area contributed by atoms with E-state index in [0.717, 1.165) is 13.0 Å². The van der Waals surface area contributed by atoms with Gasteiger partial charge in [-0.05, 0) is 26.3 Å². The first-order valence-electron chi connectivity index (χ1n) is 5.34. The summed E-state index contributed by atoms with van der Waals surface area (Å²) >= 11 is 0. The van der Waals surface area contributed by atoms with E-state index in [1.54, 1.807) is 0 Å². The fourth-order valence-electron chi connectivity index (χ4n) is 1.99. The highest BCUT2D eigenvalue weighted by atomic mass is 32.2. The van der Waals surface area contributed by atoms with Gasteiger partial charge in [0.05, 0.1) is 5.75 Å². The molecule has 1 N–H and O–H groups in total. The fourth-order valence-corrected chi connectivity index (χ4v) is 2.66. The molecule has 1 heterocycles. The van der Waals surface area contributed by atoms with Gasteiger partial charge in [0, 0.05) is 24.6 Å². The van der Waals surface area contributed by atoms with Crippen LogP contribution in [-0.2, 0) is 14.6 Å². The van der Waals surface area contributed by atoms with Crippen molar-refractivity contribution in [1.82, 2.24) is 5.32 Å². The lowest BCUT2D eigenvalue weighted by atomic mass is 9.94. The van der Waals surface area contributed by atoms with Crippen LogP contribution in [0.5, 0.6) is 0 Å². The standard InChI is InChI=1S/C10H19NO3S/c1-8-9(5-6-11-8)10(12)4-3-7-15(2,13)14/h8-9,11H,3-7H2,1-2H3. The Balaban J connectivity index is 2.30. The van der Waals surface area contributed by atoms with Crippen molar-refractivity contribution in [3.8, 4) is 0 Å². The van der Waals surface area contributed by atoms with E-state index in [2.05, 4.69) is 5.32 Å². The second kappa shape index (κ2) is 5.07. The average molecular weight is 233 g/mol. The van der Waals surface area contributed by atoms with Gasteiger partial charge in [-0.3, -0.25) is 4.79 Å². The van der Waals surface area contributed by atoms with Crippen molar-refractivity contribution in [3.05, 3.63) is 0 Å². The number of nitrogens with one attached hydrogen (secondary N) is 1. The normalized spacial score (nSPS) is 26.8. The van der Waals surface area contributed by atoms with Gasteiger partial charge in [0.2, 0.25) is 0 Å². The molecule has 0 aromatic rings. The van der Waals surface area contributed by atoms with E-state index in [0.29, 0.717) is 12.8 Å². The Kier molecular flexibility index (Phi) is 4.28. The Bertz CT molecular complexity index is 324. The summed E-state index contributed by atoms with van der Waals surface area (Å²) in [5, 5.41) is 3.22. The molecule has 0 aromatic heterocycles. The van der Waals surface area contributed by atoms with Crippen molar-refractivity contribution in [2.75, 3.05) is 18.6 Å². The Hall–Kier alpha value is -0.420. The van der Waals surface area contributed by atoms with Gasteiger partial charge in [0.1, 0.15) is 15.6 Å². The van der Waals surface area contributed by atoms with Gasteiger partial charge < -0.3 is 5.32 Å². The lowest BCUT2D eigenvalue weighted by Crippen LogP contribution is -2.28. The molecule has 2 atom stereocenters. The minimum atomic E-state index is -2.92. The Morgan fingerprint density at radius 2 is 2.13 bits per heavy atom. The van der Waals surface area contributed by atoms with Crippen molar-refractivity contribution in [3.63, 3.8) is 0 Å². The SMILES string of the molecule is CC1NCCC1C(=O)CCCS(C)(=O)=O. The molecule has 0 aliphatic carbocycles. The molecule has 4 nitrogen and oxygen atoms in total. The van der Waals surface area contributed by atoms with Crippen molar-refractivity contribution < 1.29 is 13.2 Å².